The minimum absolute atomic E-state index is 0.299. The minimum atomic E-state index is 0.299. The second-order valence-corrected chi connectivity index (χ2v) is 7.01. The Labute approximate surface area is 141 Å². The number of hydrogen-bond donors (Lipinski definition) is 1. The quantitative estimate of drug-likeness (QED) is 0.884. The van der Waals surface area contributed by atoms with Crippen LogP contribution in [0.3, 0.4) is 0 Å². The number of aryl methyl sites for hydroxylation is 1. The first-order valence-corrected chi connectivity index (χ1v) is 8.99. The first kappa shape index (κ1) is 16.0. The molecule has 0 spiro atoms. The second kappa shape index (κ2) is 7.57. The first-order chi connectivity index (χ1) is 10.7. The average molecular weight is 366 g/mol. The predicted molar refractivity (Wildman–Crippen MR) is 91.9 cm³/mol. The number of likely N-dealkylation sites (tertiary alicyclic amines) is 1. The molecule has 2 fully saturated rings. The summed E-state index contributed by atoms with van der Waals surface area (Å²) in [4.78, 5) is 17.0. The summed E-state index contributed by atoms with van der Waals surface area (Å²) in [6, 6.07) is 8.73. The van der Waals surface area contributed by atoms with Crippen LogP contribution in [0.1, 0.15) is 18.4 Å². The van der Waals surface area contributed by atoms with Gasteiger partial charge < -0.3 is 10.2 Å². The Balaban J connectivity index is 1.48. The fourth-order valence-electron chi connectivity index (χ4n) is 3.41. The second-order valence-electron chi connectivity index (χ2n) is 6.16. The zero-order chi connectivity index (χ0) is 15.4. The van der Waals surface area contributed by atoms with Crippen LogP contribution in [0.2, 0.25) is 0 Å². The van der Waals surface area contributed by atoms with E-state index in [2.05, 4.69) is 37.1 Å². The number of hydrogen-bond acceptors (Lipinski definition) is 3. The lowest BCUT2D eigenvalue weighted by molar-refractivity contribution is -0.130. The molecule has 1 amide bonds. The Morgan fingerprint density at radius 2 is 2.00 bits per heavy atom. The molecule has 1 atom stereocenters. The zero-order valence-electron chi connectivity index (χ0n) is 12.9. The third-order valence-electron chi connectivity index (χ3n) is 4.75. The molecular weight excluding hydrogens is 342 g/mol. The van der Waals surface area contributed by atoms with Gasteiger partial charge in [0.15, 0.2) is 0 Å². The highest BCUT2D eigenvalue weighted by Gasteiger charge is 2.30. The van der Waals surface area contributed by atoms with E-state index in [-0.39, 0.29) is 0 Å². The molecular formula is C17H24BrN3O. The summed E-state index contributed by atoms with van der Waals surface area (Å²) in [5.41, 5.74) is 1.22. The summed E-state index contributed by atoms with van der Waals surface area (Å²) in [5.74, 6) is 0.299. The molecule has 0 bridgehead atoms. The minimum Gasteiger partial charge on any atom is -0.341 e. The van der Waals surface area contributed by atoms with Crippen molar-refractivity contribution in [2.24, 2.45) is 0 Å². The van der Waals surface area contributed by atoms with Gasteiger partial charge in [-0.15, -0.1) is 0 Å². The van der Waals surface area contributed by atoms with Crippen LogP contribution in [-0.4, -0.2) is 61.0 Å². The molecule has 0 saturated carbocycles. The van der Waals surface area contributed by atoms with Crippen molar-refractivity contribution in [3.05, 3.63) is 34.3 Å². The standard InChI is InChI=1S/C17H24BrN3O/c18-16-4-2-1-3-14(16)5-6-17(22)21-10-7-15(13-21)20-11-8-19-9-12-20/h1-4,15,19H,5-13H2. The molecule has 2 heterocycles. The molecule has 1 N–H and O–H groups in total. The molecule has 0 aliphatic carbocycles. The summed E-state index contributed by atoms with van der Waals surface area (Å²) in [6.07, 6.45) is 2.55. The highest BCUT2D eigenvalue weighted by molar-refractivity contribution is 9.10. The van der Waals surface area contributed by atoms with Gasteiger partial charge in [-0.2, -0.15) is 0 Å². The number of piperazine rings is 1. The van der Waals surface area contributed by atoms with Crippen molar-refractivity contribution in [2.45, 2.75) is 25.3 Å². The lowest BCUT2D eigenvalue weighted by atomic mass is 10.1. The number of rotatable bonds is 4. The van der Waals surface area contributed by atoms with Crippen molar-refractivity contribution in [3.8, 4) is 0 Å². The van der Waals surface area contributed by atoms with E-state index in [4.69, 9.17) is 0 Å². The smallest absolute Gasteiger partial charge is 0.222 e. The molecule has 120 valence electrons. The van der Waals surface area contributed by atoms with Crippen LogP contribution in [0, 0.1) is 0 Å². The maximum atomic E-state index is 12.4. The molecule has 2 saturated heterocycles. The number of carbonyl (C=O) groups excluding carboxylic acids is 1. The van der Waals surface area contributed by atoms with E-state index in [1.54, 1.807) is 0 Å². The lowest BCUT2D eigenvalue weighted by Gasteiger charge is -2.32. The molecule has 0 aromatic heterocycles. The highest BCUT2D eigenvalue weighted by Crippen LogP contribution is 2.20. The van der Waals surface area contributed by atoms with Gasteiger partial charge in [0, 0.05) is 56.2 Å². The zero-order valence-corrected chi connectivity index (χ0v) is 14.5. The van der Waals surface area contributed by atoms with E-state index < -0.39 is 0 Å². The van der Waals surface area contributed by atoms with Gasteiger partial charge in [0.1, 0.15) is 0 Å². The molecule has 1 aromatic carbocycles. The lowest BCUT2D eigenvalue weighted by Crippen LogP contribution is -2.49. The topological polar surface area (TPSA) is 35.6 Å². The Morgan fingerprint density at radius 3 is 2.77 bits per heavy atom. The predicted octanol–water partition coefficient (Wildman–Crippen LogP) is 1.89. The normalized spacial score (nSPS) is 23.0. The number of benzene rings is 1. The van der Waals surface area contributed by atoms with Gasteiger partial charge in [0.25, 0.3) is 0 Å². The molecule has 4 nitrogen and oxygen atoms in total. The number of halogens is 1. The summed E-state index contributed by atoms with van der Waals surface area (Å²) < 4.78 is 1.10. The maximum Gasteiger partial charge on any atom is 0.222 e. The van der Waals surface area contributed by atoms with Crippen LogP contribution >= 0.6 is 15.9 Å². The van der Waals surface area contributed by atoms with Crippen molar-refractivity contribution in [1.82, 2.24) is 15.1 Å². The van der Waals surface area contributed by atoms with Gasteiger partial charge in [0.05, 0.1) is 0 Å². The van der Waals surface area contributed by atoms with E-state index in [9.17, 15) is 4.79 Å². The summed E-state index contributed by atoms with van der Waals surface area (Å²) >= 11 is 3.55. The van der Waals surface area contributed by atoms with Gasteiger partial charge in [-0.25, -0.2) is 0 Å². The Kier molecular flexibility index (Phi) is 5.50. The van der Waals surface area contributed by atoms with Crippen LogP contribution in [-0.2, 0) is 11.2 Å². The van der Waals surface area contributed by atoms with E-state index in [0.717, 1.165) is 56.6 Å². The number of amides is 1. The monoisotopic (exact) mass is 365 g/mol. The van der Waals surface area contributed by atoms with Gasteiger partial charge in [-0.1, -0.05) is 34.1 Å². The molecule has 1 unspecified atom stereocenters. The van der Waals surface area contributed by atoms with E-state index in [1.807, 2.05) is 18.2 Å². The van der Waals surface area contributed by atoms with Crippen molar-refractivity contribution in [1.29, 1.82) is 0 Å². The molecule has 2 aliphatic heterocycles. The fourth-order valence-corrected chi connectivity index (χ4v) is 3.90. The van der Waals surface area contributed by atoms with Crippen molar-refractivity contribution in [2.75, 3.05) is 39.3 Å². The summed E-state index contributed by atoms with van der Waals surface area (Å²) in [7, 11) is 0. The molecule has 5 heteroatoms. The largest absolute Gasteiger partial charge is 0.341 e. The maximum absolute atomic E-state index is 12.4. The van der Waals surface area contributed by atoms with Gasteiger partial charge in [-0.3, -0.25) is 9.69 Å². The number of nitrogens with zero attached hydrogens (tertiary/aromatic N) is 2. The average Bonchev–Trinajstić information content (AvgIpc) is 3.05. The summed E-state index contributed by atoms with van der Waals surface area (Å²) in [5, 5.41) is 3.39. The first-order valence-electron chi connectivity index (χ1n) is 8.20. The van der Waals surface area contributed by atoms with Crippen molar-refractivity contribution < 1.29 is 4.79 Å². The van der Waals surface area contributed by atoms with Crippen molar-refractivity contribution >= 4 is 21.8 Å². The Bertz CT molecular complexity index is 516. The third kappa shape index (κ3) is 3.89. The Morgan fingerprint density at radius 1 is 1.23 bits per heavy atom. The van der Waals surface area contributed by atoms with Gasteiger partial charge in [-0.05, 0) is 24.5 Å². The molecule has 2 aliphatic rings. The van der Waals surface area contributed by atoms with Crippen LogP contribution in [0.5, 0.6) is 0 Å². The number of carbonyl (C=O) groups is 1. The van der Waals surface area contributed by atoms with Crippen LogP contribution in [0.4, 0.5) is 0 Å². The van der Waals surface area contributed by atoms with Crippen LogP contribution in [0.15, 0.2) is 28.7 Å². The molecule has 0 radical (unpaired) electrons. The van der Waals surface area contributed by atoms with Gasteiger partial charge >= 0.3 is 0 Å². The van der Waals surface area contributed by atoms with Crippen LogP contribution in [0.25, 0.3) is 0 Å². The van der Waals surface area contributed by atoms with Crippen LogP contribution < -0.4 is 5.32 Å². The fraction of sp³-hybridized carbons (Fsp3) is 0.588. The SMILES string of the molecule is O=C(CCc1ccccc1Br)N1CCC(N2CCNCC2)C1. The Hall–Kier alpha value is -0.910. The summed E-state index contributed by atoms with van der Waals surface area (Å²) in [6.45, 7) is 6.21. The van der Waals surface area contributed by atoms with E-state index in [0.29, 0.717) is 18.4 Å². The third-order valence-corrected chi connectivity index (χ3v) is 5.52. The van der Waals surface area contributed by atoms with E-state index >= 15 is 0 Å². The molecule has 1 aromatic rings. The van der Waals surface area contributed by atoms with E-state index in [1.165, 1.54) is 5.56 Å². The number of nitrogens with one attached hydrogen (secondary N) is 1. The molecule has 3 rings (SSSR count). The molecule has 22 heavy (non-hydrogen) atoms. The van der Waals surface area contributed by atoms with Crippen molar-refractivity contribution in [3.63, 3.8) is 0 Å². The highest BCUT2D eigenvalue weighted by atomic mass is 79.9. The van der Waals surface area contributed by atoms with Gasteiger partial charge in [0.2, 0.25) is 5.91 Å².